The van der Waals surface area contributed by atoms with Gasteiger partial charge in [-0.25, -0.2) is 0 Å². The van der Waals surface area contributed by atoms with Gasteiger partial charge in [-0.3, -0.25) is 0 Å². The molecular formula is C12H27NO2. The predicted octanol–water partition coefficient (Wildman–Crippen LogP) is 2.20. The predicted molar refractivity (Wildman–Crippen MR) is 64.3 cm³/mol. The Bertz CT molecular complexity index is 150. The molecule has 0 saturated heterocycles. The van der Waals surface area contributed by atoms with Crippen molar-refractivity contribution in [2.24, 2.45) is 0 Å². The molecule has 0 aromatic heterocycles. The molecule has 2 unspecified atom stereocenters. The van der Waals surface area contributed by atoms with Crippen LogP contribution in [-0.4, -0.2) is 38.0 Å². The molecule has 0 aromatic carbocycles. The van der Waals surface area contributed by atoms with Gasteiger partial charge in [0.1, 0.15) is 0 Å². The monoisotopic (exact) mass is 217 g/mol. The van der Waals surface area contributed by atoms with Crippen molar-refractivity contribution in [3.63, 3.8) is 0 Å². The zero-order valence-corrected chi connectivity index (χ0v) is 11.1. The summed E-state index contributed by atoms with van der Waals surface area (Å²) in [5, 5.41) is 3.24. The van der Waals surface area contributed by atoms with Crippen molar-refractivity contribution in [3.8, 4) is 0 Å². The summed E-state index contributed by atoms with van der Waals surface area (Å²) in [7, 11) is 1.97. The molecule has 3 heteroatoms. The van der Waals surface area contributed by atoms with E-state index in [0.29, 0.717) is 19.3 Å². The lowest BCUT2D eigenvalue weighted by molar-refractivity contribution is -0.0541. The molecule has 92 valence electrons. The average Bonchev–Trinajstić information content (AvgIpc) is 2.13. The molecule has 0 aliphatic heterocycles. The summed E-state index contributed by atoms with van der Waals surface area (Å²) in [6.45, 7) is 11.7. The molecule has 0 spiro atoms. The van der Waals surface area contributed by atoms with E-state index < -0.39 is 0 Å². The largest absolute Gasteiger partial charge is 0.374 e. The van der Waals surface area contributed by atoms with E-state index in [1.54, 1.807) is 0 Å². The van der Waals surface area contributed by atoms with Gasteiger partial charge in [-0.15, -0.1) is 0 Å². The van der Waals surface area contributed by atoms with Crippen LogP contribution in [0.5, 0.6) is 0 Å². The number of likely N-dealkylation sites (N-methyl/N-ethyl adjacent to an activating group) is 1. The van der Waals surface area contributed by atoms with Gasteiger partial charge >= 0.3 is 0 Å². The van der Waals surface area contributed by atoms with Crippen molar-refractivity contribution in [1.29, 1.82) is 0 Å². The third-order valence-corrected chi connectivity index (χ3v) is 2.38. The summed E-state index contributed by atoms with van der Waals surface area (Å²) >= 11 is 0. The number of hydrogen-bond donors (Lipinski definition) is 1. The van der Waals surface area contributed by atoms with Crippen molar-refractivity contribution in [2.45, 2.75) is 58.8 Å². The molecule has 0 saturated carbocycles. The van der Waals surface area contributed by atoms with E-state index in [1.807, 2.05) is 7.05 Å². The van der Waals surface area contributed by atoms with Crippen LogP contribution in [0.25, 0.3) is 0 Å². The fraction of sp³-hybridized carbons (Fsp3) is 1.00. The summed E-state index contributed by atoms with van der Waals surface area (Å²) in [6.07, 6.45) is 1.32. The molecule has 2 atom stereocenters. The van der Waals surface area contributed by atoms with Crippen LogP contribution in [0.15, 0.2) is 0 Å². The second kappa shape index (κ2) is 7.20. The van der Waals surface area contributed by atoms with E-state index in [4.69, 9.17) is 9.47 Å². The van der Waals surface area contributed by atoms with Crippen LogP contribution >= 0.6 is 0 Å². The Hall–Kier alpha value is -0.120. The standard InChI is InChI=1S/C12H27NO2/c1-7-11(13-6)10(2)14-8-9-15-12(3,4)5/h10-11,13H,7-9H2,1-6H3. The van der Waals surface area contributed by atoms with Crippen LogP contribution < -0.4 is 5.32 Å². The van der Waals surface area contributed by atoms with Gasteiger partial charge in [0.25, 0.3) is 0 Å². The number of ether oxygens (including phenoxy) is 2. The lowest BCUT2D eigenvalue weighted by atomic mass is 10.1. The van der Waals surface area contributed by atoms with E-state index in [0.717, 1.165) is 6.42 Å². The van der Waals surface area contributed by atoms with Crippen molar-refractivity contribution >= 4 is 0 Å². The molecule has 0 amide bonds. The Morgan fingerprint density at radius 3 is 2.20 bits per heavy atom. The quantitative estimate of drug-likeness (QED) is 0.663. The SMILES string of the molecule is CCC(NC)C(C)OCCOC(C)(C)C. The first-order valence-corrected chi connectivity index (χ1v) is 5.83. The van der Waals surface area contributed by atoms with Crippen LogP contribution in [0.3, 0.4) is 0 Å². The first-order chi connectivity index (χ1) is 6.90. The van der Waals surface area contributed by atoms with Gasteiger partial charge in [0.2, 0.25) is 0 Å². The molecule has 0 fully saturated rings. The van der Waals surface area contributed by atoms with Crippen LogP contribution in [0, 0.1) is 0 Å². The van der Waals surface area contributed by atoms with E-state index in [-0.39, 0.29) is 11.7 Å². The fourth-order valence-corrected chi connectivity index (χ4v) is 1.47. The maximum Gasteiger partial charge on any atom is 0.0707 e. The first-order valence-electron chi connectivity index (χ1n) is 5.83. The van der Waals surface area contributed by atoms with Gasteiger partial charge in [-0.2, -0.15) is 0 Å². The van der Waals surface area contributed by atoms with E-state index in [9.17, 15) is 0 Å². The molecule has 15 heavy (non-hydrogen) atoms. The first kappa shape index (κ1) is 14.9. The molecule has 0 heterocycles. The van der Waals surface area contributed by atoms with Gasteiger partial charge in [0.05, 0.1) is 24.9 Å². The lowest BCUT2D eigenvalue weighted by Gasteiger charge is -2.24. The Labute approximate surface area is 94.5 Å². The zero-order chi connectivity index (χ0) is 11.9. The molecule has 0 aliphatic rings. The Kier molecular flexibility index (Phi) is 7.14. The molecule has 3 nitrogen and oxygen atoms in total. The number of hydrogen-bond acceptors (Lipinski definition) is 3. The van der Waals surface area contributed by atoms with Crippen molar-refractivity contribution in [2.75, 3.05) is 20.3 Å². The van der Waals surface area contributed by atoms with Crippen LogP contribution in [0.1, 0.15) is 41.0 Å². The van der Waals surface area contributed by atoms with Crippen LogP contribution in [0.4, 0.5) is 0 Å². The maximum absolute atomic E-state index is 5.69. The number of rotatable bonds is 7. The summed E-state index contributed by atoms with van der Waals surface area (Å²) < 4.78 is 11.3. The minimum Gasteiger partial charge on any atom is -0.374 e. The minimum atomic E-state index is -0.0697. The highest BCUT2D eigenvalue weighted by Crippen LogP contribution is 2.07. The van der Waals surface area contributed by atoms with Crippen molar-refractivity contribution < 1.29 is 9.47 Å². The van der Waals surface area contributed by atoms with E-state index in [1.165, 1.54) is 0 Å². The zero-order valence-electron chi connectivity index (χ0n) is 11.1. The second-order valence-electron chi connectivity index (χ2n) is 4.84. The van der Waals surface area contributed by atoms with Crippen molar-refractivity contribution in [3.05, 3.63) is 0 Å². The van der Waals surface area contributed by atoms with Gasteiger partial charge < -0.3 is 14.8 Å². The van der Waals surface area contributed by atoms with Gasteiger partial charge in [0, 0.05) is 6.04 Å². The molecule has 0 rings (SSSR count). The minimum absolute atomic E-state index is 0.0697. The summed E-state index contributed by atoms with van der Waals surface area (Å²) in [5.74, 6) is 0. The summed E-state index contributed by atoms with van der Waals surface area (Å²) in [6, 6.07) is 0.430. The third kappa shape index (κ3) is 7.77. The van der Waals surface area contributed by atoms with Crippen molar-refractivity contribution in [1.82, 2.24) is 5.32 Å². The Balaban J connectivity index is 3.58. The van der Waals surface area contributed by atoms with Gasteiger partial charge in [-0.1, -0.05) is 6.92 Å². The normalized spacial score (nSPS) is 16.4. The molecule has 0 radical (unpaired) electrons. The third-order valence-electron chi connectivity index (χ3n) is 2.38. The average molecular weight is 217 g/mol. The smallest absolute Gasteiger partial charge is 0.0707 e. The second-order valence-corrected chi connectivity index (χ2v) is 4.84. The highest BCUT2D eigenvalue weighted by molar-refractivity contribution is 4.69. The molecule has 0 aromatic rings. The van der Waals surface area contributed by atoms with Gasteiger partial charge in [-0.05, 0) is 41.2 Å². The maximum atomic E-state index is 5.69. The molecule has 0 aliphatic carbocycles. The van der Waals surface area contributed by atoms with E-state index in [2.05, 4.69) is 39.9 Å². The highest BCUT2D eigenvalue weighted by Gasteiger charge is 2.14. The Morgan fingerprint density at radius 1 is 1.20 bits per heavy atom. The Morgan fingerprint density at radius 2 is 1.80 bits per heavy atom. The summed E-state index contributed by atoms with van der Waals surface area (Å²) in [4.78, 5) is 0. The van der Waals surface area contributed by atoms with E-state index >= 15 is 0 Å². The molecule has 0 bridgehead atoms. The number of nitrogens with one attached hydrogen (secondary N) is 1. The lowest BCUT2D eigenvalue weighted by Crippen LogP contribution is -2.37. The topological polar surface area (TPSA) is 30.5 Å². The van der Waals surface area contributed by atoms with Crippen LogP contribution in [-0.2, 0) is 9.47 Å². The molecular weight excluding hydrogens is 190 g/mol. The fourth-order valence-electron chi connectivity index (χ4n) is 1.47. The summed E-state index contributed by atoms with van der Waals surface area (Å²) in [5.41, 5.74) is -0.0697. The van der Waals surface area contributed by atoms with Gasteiger partial charge in [0.15, 0.2) is 0 Å². The highest BCUT2D eigenvalue weighted by atomic mass is 16.5. The molecule has 1 N–H and O–H groups in total. The van der Waals surface area contributed by atoms with Crippen LogP contribution in [0.2, 0.25) is 0 Å².